The minimum atomic E-state index is -1.31. The van der Waals surface area contributed by atoms with Crippen LogP contribution in [-0.4, -0.2) is 0 Å². The molecule has 2 heteroatoms. The number of fused-ring (bicyclic) bond motifs is 4. The fourth-order valence-electron chi connectivity index (χ4n) is 5.03. The van der Waals surface area contributed by atoms with Gasteiger partial charge in [0.05, 0.1) is 59.3 Å². The molecule has 0 unspecified atom stereocenters. The van der Waals surface area contributed by atoms with Gasteiger partial charge in [0, 0.05) is 22.2 Å². The van der Waals surface area contributed by atoms with Crippen molar-refractivity contribution in [2.24, 2.45) is 0 Å². The van der Waals surface area contributed by atoms with E-state index in [1.165, 1.54) is 0 Å². The van der Waals surface area contributed by atoms with E-state index >= 15 is 0 Å². The Bertz CT molecular complexity index is 4280. The van der Waals surface area contributed by atoms with Crippen LogP contribution in [0.3, 0.4) is 0 Å². The van der Waals surface area contributed by atoms with E-state index in [9.17, 15) is 15.1 Å². The minimum Gasteiger partial charge on any atom is -0.455 e. The molecular weight excluding hydrogens is 583 g/mol. The number of para-hydroxylation sites is 3. The van der Waals surface area contributed by atoms with Gasteiger partial charge in [-0.15, -0.1) is 0 Å². The molecule has 8 aromatic carbocycles. The maximum absolute atomic E-state index is 9.99. The van der Waals surface area contributed by atoms with Gasteiger partial charge in [0.1, 0.15) is 11.2 Å². The molecule has 0 aliphatic rings. The van der Waals surface area contributed by atoms with Crippen molar-refractivity contribution < 1.29 is 46.9 Å². The molecule has 0 atom stereocenters. The van der Waals surface area contributed by atoms with Gasteiger partial charge < -0.3 is 9.32 Å². The largest absolute Gasteiger partial charge is 0.455 e. The Kier molecular flexibility index (Phi) is 2.59. The zero-order valence-electron chi connectivity index (χ0n) is 54.9. The van der Waals surface area contributed by atoms with Crippen LogP contribution in [0.15, 0.2) is 192 Å². The Morgan fingerprint density at radius 1 is 0.417 bits per heavy atom. The molecule has 0 fully saturated rings. The molecule has 2 nitrogen and oxygen atoms in total. The van der Waals surface area contributed by atoms with Gasteiger partial charge in [-0.05, 0) is 81.4 Å². The third-order valence-corrected chi connectivity index (χ3v) is 7.05. The van der Waals surface area contributed by atoms with E-state index in [2.05, 4.69) is 0 Å². The van der Waals surface area contributed by atoms with Crippen molar-refractivity contribution in [3.8, 4) is 33.4 Å². The van der Waals surface area contributed by atoms with Crippen LogP contribution in [0.5, 0.6) is 0 Å². The van der Waals surface area contributed by atoms with Gasteiger partial charge in [0.15, 0.2) is 0 Å². The average molecular weight is 645 g/mol. The van der Waals surface area contributed by atoms with E-state index in [1.807, 2.05) is 0 Å². The van der Waals surface area contributed by atoms with E-state index in [1.54, 1.807) is 0 Å². The molecule has 0 aliphatic heterocycles. The maximum Gasteiger partial charge on any atom is 0.145 e. The molecule has 0 N–H and O–H groups in total. The maximum atomic E-state index is 9.99. The summed E-state index contributed by atoms with van der Waals surface area (Å²) in [4.78, 5) is 0.368. The van der Waals surface area contributed by atoms with Gasteiger partial charge in [0.25, 0.3) is 0 Å². The Hall–Kier alpha value is -6.38. The molecule has 226 valence electrons. The number of hydrogen-bond donors (Lipinski definition) is 0. The normalized spacial score (nSPS) is 20.4. The van der Waals surface area contributed by atoms with E-state index in [4.69, 9.17) is 31.8 Å². The second-order valence-corrected chi connectivity index (χ2v) is 9.77. The highest BCUT2D eigenvalue weighted by atomic mass is 16.3. The summed E-state index contributed by atoms with van der Waals surface area (Å²) in [5, 5.41) is -2.92. The predicted molar refractivity (Wildman–Crippen MR) is 202 cm³/mol. The first-order valence-corrected chi connectivity index (χ1v) is 13.8. The quantitative estimate of drug-likeness (QED) is 0.179. The average Bonchev–Trinajstić information content (AvgIpc) is 3.59. The lowest BCUT2D eigenvalue weighted by Crippen LogP contribution is -2.11. The Balaban J connectivity index is 1.61. The van der Waals surface area contributed by atoms with E-state index in [0.717, 1.165) is 0 Å². The first-order chi connectivity index (χ1) is 36.7. The fourth-order valence-corrected chi connectivity index (χ4v) is 5.03. The fraction of sp³-hybridized carbons (Fsp3) is 0. The molecule has 0 saturated heterocycles. The summed E-state index contributed by atoms with van der Waals surface area (Å²) in [6.45, 7) is 0. The summed E-state index contributed by atoms with van der Waals surface area (Å²) in [6, 6.07) is -33.4. The van der Waals surface area contributed by atoms with Crippen molar-refractivity contribution in [1.29, 1.82) is 0 Å². The molecule has 1 heterocycles. The van der Waals surface area contributed by atoms with Crippen LogP contribution in [0.1, 0.15) is 42.5 Å². The molecular formula is C46H31NO. The van der Waals surface area contributed by atoms with Crippen LogP contribution >= 0.6 is 0 Å². The number of nitrogens with zero attached hydrogens (tertiary/aromatic N) is 1. The van der Waals surface area contributed by atoms with E-state index in [-0.39, 0.29) is 0 Å². The molecule has 48 heavy (non-hydrogen) atoms. The van der Waals surface area contributed by atoms with Crippen molar-refractivity contribution in [2.75, 3.05) is 4.90 Å². The lowest BCUT2D eigenvalue weighted by molar-refractivity contribution is 0.670. The number of hydrogen-bond acceptors (Lipinski definition) is 2. The van der Waals surface area contributed by atoms with Crippen molar-refractivity contribution in [2.45, 2.75) is 0 Å². The number of furan rings is 1. The lowest BCUT2D eigenvalue weighted by Gasteiger charge is -2.29. The molecule has 0 bridgehead atoms. The molecule has 9 rings (SSSR count). The number of anilines is 3. The summed E-state index contributed by atoms with van der Waals surface area (Å²) in [5.41, 5.74) is -11.0. The van der Waals surface area contributed by atoms with Crippen molar-refractivity contribution in [1.82, 2.24) is 0 Å². The molecule has 1 aromatic heterocycles. The third-order valence-electron chi connectivity index (χ3n) is 7.05. The Labute approximate surface area is 323 Å². The molecule has 0 spiro atoms. The van der Waals surface area contributed by atoms with Crippen LogP contribution in [0.25, 0.3) is 66.1 Å². The molecule has 0 radical (unpaired) electrons. The zero-order chi connectivity index (χ0) is 58.8. The number of rotatable bonds is 6. The highest BCUT2D eigenvalue weighted by Gasteiger charge is 2.24. The lowest BCUT2D eigenvalue weighted by atomic mass is 9.96. The van der Waals surface area contributed by atoms with Gasteiger partial charge in [-0.25, -0.2) is 0 Å². The highest BCUT2D eigenvalue weighted by Crippen LogP contribution is 2.48. The minimum absolute atomic E-state index is 0.368. The van der Waals surface area contributed by atoms with Crippen molar-refractivity contribution in [3.05, 3.63) is 187 Å². The summed E-state index contributed by atoms with van der Waals surface area (Å²) in [7, 11) is 0. The van der Waals surface area contributed by atoms with Gasteiger partial charge in [-0.2, -0.15) is 0 Å². The predicted octanol–water partition coefficient (Wildman–Crippen LogP) is 13.2. The van der Waals surface area contributed by atoms with Crippen LogP contribution in [0.2, 0.25) is 0 Å². The molecule has 0 amide bonds. The van der Waals surface area contributed by atoms with Crippen LogP contribution in [0, 0.1) is 0 Å². The van der Waals surface area contributed by atoms with E-state index in [0.29, 0.717) is 4.90 Å². The summed E-state index contributed by atoms with van der Waals surface area (Å²) in [5.74, 6) is 0. The number of benzene rings is 8. The smallest absolute Gasteiger partial charge is 0.145 e. The summed E-state index contributed by atoms with van der Waals surface area (Å²) >= 11 is 0. The van der Waals surface area contributed by atoms with E-state index < -0.39 is 270 Å². The van der Waals surface area contributed by atoms with Gasteiger partial charge in [0.2, 0.25) is 0 Å². The Morgan fingerprint density at radius 3 is 1.96 bits per heavy atom. The second kappa shape index (κ2) is 11.8. The summed E-state index contributed by atoms with van der Waals surface area (Å²) in [6.07, 6.45) is 0. The highest BCUT2D eigenvalue weighted by molar-refractivity contribution is 6.17. The Morgan fingerprint density at radius 2 is 1.08 bits per heavy atom. The monoisotopic (exact) mass is 644 g/mol. The topological polar surface area (TPSA) is 16.4 Å². The van der Waals surface area contributed by atoms with Gasteiger partial charge in [-0.1, -0.05) is 139 Å². The van der Waals surface area contributed by atoms with Crippen molar-refractivity contribution in [3.63, 3.8) is 0 Å². The first kappa shape index (κ1) is 10.6. The van der Waals surface area contributed by atoms with Crippen LogP contribution in [0.4, 0.5) is 17.1 Å². The molecule has 0 saturated carbocycles. The van der Waals surface area contributed by atoms with Crippen molar-refractivity contribution >= 4 is 49.8 Å². The summed E-state index contributed by atoms with van der Waals surface area (Å²) < 4.78 is 284. The molecule has 0 aliphatic carbocycles. The molecule has 9 aromatic rings. The second-order valence-electron chi connectivity index (χ2n) is 9.77. The SMILES string of the molecule is [2H]c1c([2H])c([2H])c(-c2c([2H])c([2H])c([2H])c(-c3c([2H])c([2H])c([2H])c([2H])c3N(c3c([2H])c([2H])c([2H])c([2H])c3[2H])c3c([2H])c([2H])c(-c4c([2H])c([2H])c5c([2H])c([2H])c([2H])c([2H])c5c4[2H])c4oc5c([2H])c([2H])c([2H])c([2H])c5c34)c2[2H])c([2H])c1[2H]. The van der Waals surface area contributed by atoms with Gasteiger partial charge in [-0.3, -0.25) is 0 Å². The van der Waals surface area contributed by atoms with Crippen LogP contribution in [-0.2, 0) is 0 Å². The standard InChI is InChI=1S/C46H31NO/c1-3-14-32(15-4-1)35-18-13-19-36(30-35)39-22-9-11-24-42(39)47(38-20-5-2-6-21-38)43-29-28-40(37-27-26-33-16-7-8-17-34(33)31-37)46-45(43)41-23-10-12-25-44(41)48-46/h1-31H/i1D,2D,3D,4D,5D,6D,7D,8D,9D,10D,11D,12D,13D,14D,15D,16D,17D,18D,19D,20D,21D,22D,23D,24D,25D,26D,27D,28D,29D,30D,31D. The first-order valence-electron chi connectivity index (χ1n) is 29.3. The van der Waals surface area contributed by atoms with Crippen LogP contribution < -0.4 is 4.90 Å². The van der Waals surface area contributed by atoms with Gasteiger partial charge >= 0.3 is 0 Å². The zero-order valence-corrected chi connectivity index (χ0v) is 23.9. The third kappa shape index (κ3) is 4.83.